The van der Waals surface area contributed by atoms with Crippen LogP contribution in [0.5, 0.6) is 0 Å². The highest BCUT2D eigenvalue weighted by atomic mass is 79.9. The minimum absolute atomic E-state index is 0.398. The van der Waals surface area contributed by atoms with Gasteiger partial charge in [-0.2, -0.15) is 0 Å². The number of rotatable bonds is 4. The molecule has 0 aliphatic carbocycles. The molecular weight excluding hydrogens is 286 g/mol. The molecule has 0 bridgehead atoms. The van der Waals surface area contributed by atoms with E-state index in [-0.39, 0.29) is 0 Å². The van der Waals surface area contributed by atoms with Crippen LogP contribution in [-0.2, 0) is 0 Å². The minimum Gasteiger partial charge on any atom is -0.366 e. The first-order valence-electron chi connectivity index (χ1n) is 5.25. The third-order valence-corrected chi connectivity index (χ3v) is 3.59. The van der Waals surface area contributed by atoms with E-state index in [2.05, 4.69) is 45.1 Å². The van der Waals surface area contributed by atoms with Gasteiger partial charge in [-0.1, -0.05) is 22.9 Å². The van der Waals surface area contributed by atoms with E-state index in [0.717, 1.165) is 22.5 Å². The molecule has 2 atom stereocenters. The number of nitrogens with zero attached hydrogens (tertiary/aromatic N) is 2. The first kappa shape index (κ1) is 11.8. The summed E-state index contributed by atoms with van der Waals surface area (Å²) in [6, 6.07) is 2.42. The second kappa shape index (κ2) is 5.10. The molecule has 0 aromatic carbocycles. The van der Waals surface area contributed by atoms with Crippen molar-refractivity contribution >= 4 is 43.3 Å². The average Bonchev–Trinajstić information content (AvgIpc) is 2.65. The fourth-order valence-electron chi connectivity index (χ4n) is 1.67. The normalized spacial score (nSPS) is 14.9. The highest BCUT2D eigenvalue weighted by Gasteiger charge is 2.09. The van der Waals surface area contributed by atoms with Crippen molar-refractivity contribution in [3.05, 3.63) is 17.8 Å². The molecule has 0 saturated heterocycles. The first-order chi connectivity index (χ1) is 7.66. The lowest BCUT2D eigenvalue weighted by atomic mass is 10.2. The molecule has 0 aliphatic heterocycles. The minimum atomic E-state index is 0.398. The van der Waals surface area contributed by atoms with Crippen LogP contribution in [0.25, 0.3) is 10.2 Å². The molecule has 3 nitrogen and oxygen atoms in total. The summed E-state index contributed by atoms with van der Waals surface area (Å²) in [4.78, 5) is 9.03. The molecule has 2 aromatic heterocycles. The summed E-state index contributed by atoms with van der Waals surface area (Å²) in [6.45, 7) is 4.32. The van der Waals surface area contributed by atoms with Crippen molar-refractivity contribution in [3.63, 3.8) is 0 Å². The van der Waals surface area contributed by atoms with Gasteiger partial charge in [-0.3, -0.25) is 0 Å². The number of anilines is 1. The molecule has 1 N–H and O–H groups in total. The molecule has 0 saturated carbocycles. The summed E-state index contributed by atoms with van der Waals surface area (Å²) in [5, 5.41) is 5.48. The van der Waals surface area contributed by atoms with Gasteiger partial charge < -0.3 is 5.32 Å². The maximum atomic E-state index is 4.30. The average molecular weight is 300 g/mol. The van der Waals surface area contributed by atoms with E-state index in [1.807, 2.05) is 11.4 Å². The van der Waals surface area contributed by atoms with Crippen LogP contribution in [0.4, 0.5) is 5.82 Å². The molecule has 0 spiro atoms. The highest BCUT2D eigenvalue weighted by molar-refractivity contribution is 9.09. The predicted molar refractivity (Wildman–Crippen MR) is 73.5 cm³/mol. The number of hydrogen-bond acceptors (Lipinski definition) is 4. The van der Waals surface area contributed by atoms with Gasteiger partial charge in [-0.15, -0.1) is 11.3 Å². The Kier molecular flexibility index (Phi) is 3.76. The van der Waals surface area contributed by atoms with Gasteiger partial charge in [0.2, 0.25) is 0 Å². The Bertz CT molecular complexity index is 469. The molecule has 2 aromatic rings. The van der Waals surface area contributed by atoms with Crippen molar-refractivity contribution in [1.29, 1.82) is 0 Å². The van der Waals surface area contributed by atoms with Crippen LogP contribution < -0.4 is 5.32 Å². The predicted octanol–water partition coefficient (Wildman–Crippen LogP) is 3.67. The van der Waals surface area contributed by atoms with Crippen LogP contribution in [0, 0.1) is 0 Å². The van der Waals surface area contributed by atoms with E-state index < -0.39 is 0 Å². The van der Waals surface area contributed by atoms with Crippen LogP contribution in [-0.4, -0.2) is 20.8 Å². The number of fused-ring (bicyclic) bond motifs is 1. The van der Waals surface area contributed by atoms with E-state index in [9.17, 15) is 0 Å². The van der Waals surface area contributed by atoms with Crippen LogP contribution in [0.2, 0.25) is 0 Å². The highest BCUT2D eigenvalue weighted by Crippen LogP contribution is 2.25. The summed E-state index contributed by atoms with van der Waals surface area (Å²) in [5.74, 6) is 0.945. The molecule has 16 heavy (non-hydrogen) atoms. The number of halogens is 1. The Morgan fingerprint density at radius 3 is 3.00 bits per heavy atom. The molecule has 5 heteroatoms. The third-order valence-electron chi connectivity index (χ3n) is 2.30. The van der Waals surface area contributed by atoms with E-state index in [4.69, 9.17) is 0 Å². The standard InChI is InChI=1S/C11H14BrN3S/c1-7(12)5-8(2)15-11-10-9(3-4-16-10)13-6-14-11/h3-4,6-8H,5H2,1-2H3,(H,13,14,15). The zero-order chi connectivity index (χ0) is 11.5. The maximum absolute atomic E-state index is 4.30. The van der Waals surface area contributed by atoms with Gasteiger partial charge in [0, 0.05) is 10.9 Å². The molecule has 0 fully saturated rings. The van der Waals surface area contributed by atoms with E-state index in [1.54, 1.807) is 17.7 Å². The fourth-order valence-corrected chi connectivity index (χ4v) is 3.03. The molecule has 0 radical (unpaired) electrons. The zero-order valence-electron chi connectivity index (χ0n) is 9.27. The number of aromatic nitrogens is 2. The van der Waals surface area contributed by atoms with E-state index in [1.165, 1.54) is 0 Å². The second-order valence-corrected chi connectivity index (χ2v) is 6.40. The van der Waals surface area contributed by atoms with Crippen molar-refractivity contribution in [3.8, 4) is 0 Å². The molecular formula is C11H14BrN3S. The van der Waals surface area contributed by atoms with Crippen LogP contribution in [0.1, 0.15) is 20.3 Å². The van der Waals surface area contributed by atoms with Crippen LogP contribution >= 0.6 is 27.3 Å². The molecule has 0 aliphatic rings. The number of hydrogen-bond donors (Lipinski definition) is 1. The molecule has 2 rings (SSSR count). The van der Waals surface area contributed by atoms with Crippen molar-refractivity contribution in [2.24, 2.45) is 0 Å². The van der Waals surface area contributed by atoms with Crippen LogP contribution in [0.15, 0.2) is 17.8 Å². The quantitative estimate of drug-likeness (QED) is 0.876. The largest absolute Gasteiger partial charge is 0.366 e. The smallest absolute Gasteiger partial charge is 0.147 e. The Labute approximate surface area is 107 Å². The Balaban J connectivity index is 2.17. The van der Waals surface area contributed by atoms with Gasteiger partial charge in [-0.05, 0) is 24.8 Å². The Hall–Kier alpha value is -0.680. The van der Waals surface area contributed by atoms with E-state index in [0.29, 0.717) is 10.9 Å². The van der Waals surface area contributed by atoms with E-state index >= 15 is 0 Å². The van der Waals surface area contributed by atoms with Gasteiger partial charge in [0.05, 0.1) is 10.2 Å². The van der Waals surface area contributed by atoms with Gasteiger partial charge in [0.25, 0.3) is 0 Å². The second-order valence-electron chi connectivity index (χ2n) is 3.92. The van der Waals surface area contributed by atoms with Crippen molar-refractivity contribution < 1.29 is 0 Å². The lowest BCUT2D eigenvalue weighted by Gasteiger charge is -2.15. The summed E-state index contributed by atoms with van der Waals surface area (Å²) in [5.41, 5.74) is 1.02. The molecule has 2 unspecified atom stereocenters. The summed E-state index contributed by atoms with van der Waals surface area (Å²) < 4.78 is 1.14. The van der Waals surface area contributed by atoms with Gasteiger partial charge in [0.1, 0.15) is 12.1 Å². The molecule has 86 valence electrons. The lowest BCUT2D eigenvalue weighted by Crippen LogP contribution is -2.19. The SMILES string of the molecule is CC(Br)CC(C)Nc1ncnc2ccsc12. The van der Waals surface area contributed by atoms with Crippen LogP contribution in [0.3, 0.4) is 0 Å². The summed E-state index contributed by atoms with van der Waals surface area (Å²) in [6.07, 6.45) is 2.68. The zero-order valence-corrected chi connectivity index (χ0v) is 11.7. The van der Waals surface area contributed by atoms with Gasteiger partial charge in [-0.25, -0.2) is 9.97 Å². The van der Waals surface area contributed by atoms with Crippen molar-refractivity contribution in [1.82, 2.24) is 9.97 Å². The summed E-state index contributed by atoms with van der Waals surface area (Å²) >= 11 is 5.24. The third kappa shape index (κ3) is 2.71. The Morgan fingerprint density at radius 2 is 2.25 bits per heavy atom. The van der Waals surface area contributed by atoms with Crippen molar-refractivity contribution in [2.45, 2.75) is 31.1 Å². The first-order valence-corrected chi connectivity index (χ1v) is 7.05. The van der Waals surface area contributed by atoms with Crippen molar-refractivity contribution in [2.75, 3.05) is 5.32 Å². The number of nitrogens with one attached hydrogen (secondary N) is 1. The lowest BCUT2D eigenvalue weighted by molar-refractivity contribution is 0.706. The summed E-state index contributed by atoms with van der Waals surface area (Å²) in [7, 11) is 0. The maximum Gasteiger partial charge on any atom is 0.147 e. The molecule has 0 amide bonds. The van der Waals surface area contributed by atoms with Gasteiger partial charge in [0.15, 0.2) is 0 Å². The number of thiophene rings is 1. The Morgan fingerprint density at radius 1 is 1.44 bits per heavy atom. The monoisotopic (exact) mass is 299 g/mol. The number of alkyl halides is 1. The topological polar surface area (TPSA) is 37.8 Å². The molecule has 2 heterocycles. The van der Waals surface area contributed by atoms with Gasteiger partial charge >= 0.3 is 0 Å². The fraction of sp³-hybridized carbons (Fsp3) is 0.455.